The first-order valence-electron chi connectivity index (χ1n) is 8.07. The molecule has 1 N–H and O–H groups in total. The van der Waals surface area contributed by atoms with Crippen molar-refractivity contribution in [2.45, 2.75) is 39.2 Å². The van der Waals surface area contributed by atoms with Crippen molar-refractivity contribution in [1.82, 2.24) is 0 Å². The summed E-state index contributed by atoms with van der Waals surface area (Å²) >= 11 is 0. The molecule has 0 aromatic heterocycles. The fourth-order valence-corrected chi connectivity index (χ4v) is 3.33. The predicted molar refractivity (Wildman–Crippen MR) is 92.8 cm³/mol. The van der Waals surface area contributed by atoms with E-state index in [1.165, 1.54) is 16.7 Å². The zero-order valence-corrected chi connectivity index (χ0v) is 13.6. The molecule has 2 aromatic carbocycles. The van der Waals surface area contributed by atoms with Gasteiger partial charge in [0.2, 0.25) is 0 Å². The van der Waals surface area contributed by atoms with Crippen LogP contribution in [0.2, 0.25) is 0 Å². The summed E-state index contributed by atoms with van der Waals surface area (Å²) < 4.78 is 0. The molecule has 1 aliphatic rings. The summed E-state index contributed by atoms with van der Waals surface area (Å²) in [5, 5.41) is 11.0. The summed E-state index contributed by atoms with van der Waals surface area (Å²) in [7, 11) is 0. The Hall–Kier alpha value is -1.86. The largest absolute Gasteiger partial charge is 0.385 e. The van der Waals surface area contributed by atoms with Gasteiger partial charge in [0, 0.05) is 0 Å². The molecule has 22 heavy (non-hydrogen) atoms. The maximum absolute atomic E-state index is 11.0. The second-order valence-electron chi connectivity index (χ2n) is 6.77. The molecule has 0 aliphatic heterocycles. The van der Waals surface area contributed by atoms with Gasteiger partial charge in [-0.15, -0.1) is 0 Å². The second-order valence-corrected chi connectivity index (χ2v) is 6.77. The highest BCUT2D eigenvalue weighted by Crippen LogP contribution is 2.39. The Morgan fingerprint density at radius 1 is 1.09 bits per heavy atom. The molecular weight excluding hydrogens is 268 g/mol. The van der Waals surface area contributed by atoms with Gasteiger partial charge in [0.15, 0.2) is 0 Å². The van der Waals surface area contributed by atoms with Crippen LogP contribution in [0.1, 0.15) is 48.1 Å². The Morgan fingerprint density at radius 2 is 1.86 bits per heavy atom. The molecule has 1 nitrogen and oxygen atoms in total. The summed E-state index contributed by atoms with van der Waals surface area (Å²) in [6.07, 6.45) is 5.88. The van der Waals surface area contributed by atoms with Gasteiger partial charge >= 0.3 is 0 Å². The van der Waals surface area contributed by atoms with Gasteiger partial charge in [-0.2, -0.15) is 0 Å². The number of benzene rings is 2. The molecule has 0 heterocycles. The van der Waals surface area contributed by atoms with Crippen LogP contribution in [0.3, 0.4) is 0 Å². The van der Waals surface area contributed by atoms with Gasteiger partial charge in [-0.25, -0.2) is 0 Å². The van der Waals surface area contributed by atoms with Crippen molar-refractivity contribution in [1.29, 1.82) is 0 Å². The van der Waals surface area contributed by atoms with E-state index < -0.39 is 5.60 Å². The average Bonchev–Trinajstić information content (AvgIpc) is 2.47. The van der Waals surface area contributed by atoms with Gasteiger partial charge in [-0.1, -0.05) is 74.0 Å². The normalized spacial score (nSPS) is 20.2. The quantitative estimate of drug-likeness (QED) is 0.857. The molecule has 0 fully saturated rings. The number of hydrogen-bond acceptors (Lipinski definition) is 1. The Balaban J connectivity index is 1.93. The summed E-state index contributed by atoms with van der Waals surface area (Å²) in [4.78, 5) is 0. The van der Waals surface area contributed by atoms with Crippen LogP contribution in [-0.2, 0) is 12.0 Å². The van der Waals surface area contributed by atoms with Gasteiger partial charge in [0.25, 0.3) is 0 Å². The molecule has 1 atom stereocenters. The minimum absolute atomic E-state index is 0.207. The summed E-state index contributed by atoms with van der Waals surface area (Å²) in [6, 6.07) is 15.1. The molecule has 1 aliphatic carbocycles. The summed E-state index contributed by atoms with van der Waals surface area (Å²) in [5.41, 5.74) is 5.42. The SMILES string of the molecule is Cc1cccc(Cc2ccc3c(c2)C=CCC3(O)C(C)C)c1. The minimum atomic E-state index is -0.730. The van der Waals surface area contributed by atoms with E-state index in [2.05, 4.69) is 75.4 Å². The fourth-order valence-electron chi connectivity index (χ4n) is 3.33. The van der Waals surface area contributed by atoms with E-state index in [1.807, 2.05) is 0 Å². The third-order valence-corrected chi connectivity index (χ3v) is 4.75. The third kappa shape index (κ3) is 2.74. The van der Waals surface area contributed by atoms with E-state index in [0.29, 0.717) is 6.42 Å². The Labute approximate surface area is 133 Å². The monoisotopic (exact) mass is 292 g/mol. The van der Waals surface area contributed by atoms with Crippen molar-refractivity contribution in [3.8, 4) is 0 Å². The summed E-state index contributed by atoms with van der Waals surface area (Å²) in [6.45, 7) is 6.30. The van der Waals surface area contributed by atoms with Crippen LogP contribution in [0.5, 0.6) is 0 Å². The number of fused-ring (bicyclic) bond motifs is 1. The molecule has 0 bridgehead atoms. The van der Waals surface area contributed by atoms with Crippen molar-refractivity contribution in [3.63, 3.8) is 0 Å². The van der Waals surface area contributed by atoms with E-state index in [4.69, 9.17) is 0 Å². The first-order chi connectivity index (χ1) is 10.5. The number of hydrogen-bond donors (Lipinski definition) is 1. The van der Waals surface area contributed by atoms with Gasteiger partial charge in [-0.05, 0) is 47.9 Å². The Kier molecular flexibility index (Phi) is 3.92. The molecule has 0 amide bonds. The average molecular weight is 292 g/mol. The Bertz CT molecular complexity index is 712. The standard InChI is InChI=1S/C21H24O/c1-15(2)21(22)11-5-8-19-14-18(9-10-20(19)21)13-17-7-4-6-16(3)12-17/h4-10,12,14-15,22H,11,13H2,1-3H3. The van der Waals surface area contributed by atoms with E-state index >= 15 is 0 Å². The predicted octanol–water partition coefficient (Wildman–Crippen LogP) is 4.85. The highest BCUT2D eigenvalue weighted by atomic mass is 16.3. The smallest absolute Gasteiger partial charge is 0.0959 e. The van der Waals surface area contributed by atoms with Crippen LogP contribution in [0.15, 0.2) is 48.5 Å². The molecule has 1 heteroatoms. The van der Waals surface area contributed by atoms with Crippen LogP contribution >= 0.6 is 0 Å². The molecule has 0 spiro atoms. The van der Waals surface area contributed by atoms with Crippen LogP contribution in [-0.4, -0.2) is 5.11 Å². The zero-order valence-electron chi connectivity index (χ0n) is 13.6. The van der Waals surface area contributed by atoms with Gasteiger partial charge in [-0.3, -0.25) is 0 Å². The van der Waals surface area contributed by atoms with Crippen LogP contribution < -0.4 is 0 Å². The van der Waals surface area contributed by atoms with E-state index in [0.717, 1.165) is 17.5 Å². The molecular formula is C21H24O. The van der Waals surface area contributed by atoms with Crippen LogP contribution in [0.25, 0.3) is 6.08 Å². The first kappa shape index (κ1) is 15.1. The van der Waals surface area contributed by atoms with Crippen molar-refractivity contribution in [2.24, 2.45) is 5.92 Å². The lowest BCUT2D eigenvalue weighted by Gasteiger charge is -2.35. The van der Waals surface area contributed by atoms with Gasteiger partial charge in [0.05, 0.1) is 5.60 Å². The van der Waals surface area contributed by atoms with E-state index in [-0.39, 0.29) is 5.92 Å². The highest BCUT2D eigenvalue weighted by Gasteiger charge is 2.35. The topological polar surface area (TPSA) is 20.2 Å². The first-order valence-corrected chi connectivity index (χ1v) is 8.07. The third-order valence-electron chi connectivity index (χ3n) is 4.75. The van der Waals surface area contributed by atoms with E-state index in [1.54, 1.807) is 0 Å². The lowest BCUT2D eigenvalue weighted by atomic mass is 9.75. The molecule has 0 saturated carbocycles. The second kappa shape index (κ2) is 5.73. The molecule has 2 aromatic rings. The van der Waals surface area contributed by atoms with Crippen molar-refractivity contribution in [3.05, 3.63) is 76.4 Å². The fraction of sp³-hybridized carbons (Fsp3) is 0.333. The van der Waals surface area contributed by atoms with Crippen molar-refractivity contribution < 1.29 is 5.11 Å². The molecule has 0 saturated heterocycles. The maximum atomic E-state index is 11.0. The number of rotatable bonds is 3. The highest BCUT2D eigenvalue weighted by molar-refractivity contribution is 5.60. The zero-order chi connectivity index (χ0) is 15.7. The Morgan fingerprint density at radius 3 is 2.59 bits per heavy atom. The maximum Gasteiger partial charge on any atom is 0.0959 e. The molecule has 0 radical (unpaired) electrons. The molecule has 1 unspecified atom stereocenters. The van der Waals surface area contributed by atoms with Gasteiger partial charge in [0.1, 0.15) is 0 Å². The lowest BCUT2D eigenvalue weighted by molar-refractivity contribution is -0.00856. The minimum Gasteiger partial charge on any atom is -0.385 e. The molecule has 3 rings (SSSR count). The van der Waals surface area contributed by atoms with Gasteiger partial charge < -0.3 is 5.11 Å². The number of aryl methyl sites for hydroxylation is 1. The lowest BCUT2D eigenvalue weighted by Crippen LogP contribution is -2.33. The molecule has 114 valence electrons. The summed E-state index contributed by atoms with van der Waals surface area (Å²) in [5.74, 6) is 0.207. The van der Waals surface area contributed by atoms with Crippen molar-refractivity contribution >= 4 is 6.08 Å². The van der Waals surface area contributed by atoms with Crippen LogP contribution in [0, 0.1) is 12.8 Å². The van der Waals surface area contributed by atoms with Crippen molar-refractivity contribution in [2.75, 3.05) is 0 Å². The van der Waals surface area contributed by atoms with E-state index in [9.17, 15) is 5.11 Å². The number of aliphatic hydroxyl groups is 1. The van der Waals surface area contributed by atoms with Crippen LogP contribution in [0.4, 0.5) is 0 Å².